The van der Waals surface area contributed by atoms with Gasteiger partial charge in [-0.1, -0.05) is 31.5 Å². The molecule has 4 nitrogen and oxygen atoms in total. The Bertz CT molecular complexity index is 531. The van der Waals surface area contributed by atoms with Crippen LogP contribution in [0.4, 0.5) is 10.5 Å². The SMILES string of the molecule is CCc1ccccc1NC(=O)N1CCC(CN2CCCCC2)CC1. The lowest BCUT2D eigenvalue weighted by molar-refractivity contribution is 0.142. The van der Waals surface area contributed by atoms with Crippen molar-refractivity contribution in [2.24, 2.45) is 5.92 Å². The van der Waals surface area contributed by atoms with Gasteiger partial charge in [-0.15, -0.1) is 0 Å². The smallest absolute Gasteiger partial charge is 0.321 e. The van der Waals surface area contributed by atoms with Crippen LogP contribution in [0, 0.1) is 5.92 Å². The summed E-state index contributed by atoms with van der Waals surface area (Å²) >= 11 is 0. The summed E-state index contributed by atoms with van der Waals surface area (Å²) in [7, 11) is 0. The van der Waals surface area contributed by atoms with E-state index in [0.717, 1.165) is 44.0 Å². The van der Waals surface area contributed by atoms with Gasteiger partial charge in [-0.3, -0.25) is 0 Å². The molecule has 0 aliphatic carbocycles. The lowest BCUT2D eigenvalue weighted by Gasteiger charge is -2.36. The number of carbonyl (C=O) groups is 1. The summed E-state index contributed by atoms with van der Waals surface area (Å²) in [4.78, 5) is 17.1. The highest BCUT2D eigenvalue weighted by Gasteiger charge is 2.25. The largest absolute Gasteiger partial charge is 0.325 e. The average molecular weight is 329 g/mol. The molecule has 2 heterocycles. The first-order valence-electron chi connectivity index (χ1n) is 9.62. The fourth-order valence-corrected chi connectivity index (χ4v) is 3.97. The fourth-order valence-electron chi connectivity index (χ4n) is 3.97. The summed E-state index contributed by atoms with van der Waals surface area (Å²) in [6, 6.07) is 8.16. The second-order valence-corrected chi connectivity index (χ2v) is 7.23. The summed E-state index contributed by atoms with van der Waals surface area (Å²) < 4.78 is 0. The van der Waals surface area contributed by atoms with Crippen LogP contribution in [-0.4, -0.2) is 48.6 Å². The second kappa shape index (κ2) is 8.52. The molecular weight excluding hydrogens is 298 g/mol. The molecule has 3 rings (SSSR count). The van der Waals surface area contributed by atoms with Crippen molar-refractivity contribution in [1.82, 2.24) is 9.80 Å². The van der Waals surface area contributed by atoms with E-state index in [1.54, 1.807) is 0 Å². The topological polar surface area (TPSA) is 35.6 Å². The Hall–Kier alpha value is -1.55. The average Bonchev–Trinajstić information content (AvgIpc) is 2.63. The highest BCUT2D eigenvalue weighted by Crippen LogP contribution is 2.22. The van der Waals surface area contributed by atoms with Gasteiger partial charge in [0.1, 0.15) is 0 Å². The number of piperidine rings is 2. The van der Waals surface area contributed by atoms with Gasteiger partial charge < -0.3 is 15.1 Å². The minimum absolute atomic E-state index is 0.0623. The molecule has 1 aromatic rings. The molecule has 1 N–H and O–H groups in total. The van der Waals surface area contributed by atoms with Crippen LogP contribution >= 0.6 is 0 Å². The summed E-state index contributed by atoms with van der Waals surface area (Å²) in [6.45, 7) is 7.67. The molecule has 24 heavy (non-hydrogen) atoms. The van der Waals surface area contributed by atoms with Crippen molar-refractivity contribution in [1.29, 1.82) is 0 Å². The molecule has 2 saturated heterocycles. The Morgan fingerprint density at radius 3 is 2.50 bits per heavy atom. The Morgan fingerprint density at radius 1 is 1.08 bits per heavy atom. The molecule has 0 saturated carbocycles. The van der Waals surface area contributed by atoms with Crippen molar-refractivity contribution in [3.8, 4) is 0 Å². The molecule has 0 atom stereocenters. The number of nitrogens with zero attached hydrogens (tertiary/aromatic N) is 2. The summed E-state index contributed by atoms with van der Waals surface area (Å²) in [6.07, 6.45) is 7.33. The number of aryl methyl sites for hydroxylation is 1. The Kier molecular flexibility index (Phi) is 6.13. The fraction of sp³-hybridized carbons (Fsp3) is 0.650. The number of urea groups is 1. The van der Waals surface area contributed by atoms with Crippen molar-refractivity contribution >= 4 is 11.7 Å². The number of hydrogen-bond donors (Lipinski definition) is 1. The lowest BCUT2D eigenvalue weighted by atomic mass is 9.95. The zero-order chi connectivity index (χ0) is 16.8. The van der Waals surface area contributed by atoms with Gasteiger partial charge in [0, 0.05) is 25.3 Å². The number of anilines is 1. The van der Waals surface area contributed by atoms with Gasteiger partial charge in [0.05, 0.1) is 0 Å². The maximum absolute atomic E-state index is 12.5. The molecule has 0 spiro atoms. The minimum Gasteiger partial charge on any atom is -0.325 e. The summed E-state index contributed by atoms with van der Waals surface area (Å²) in [5.41, 5.74) is 2.16. The van der Waals surface area contributed by atoms with Crippen molar-refractivity contribution in [2.75, 3.05) is 38.0 Å². The van der Waals surface area contributed by atoms with E-state index in [9.17, 15) is 4.79 Å². The highest BCUT2D eigenvalue weighted by atomic mass is 16.2. The van der Waals surface area contributed by atoms with E-state index in [4.69, 9.17) is 0 Å². The van der Waals surface area contributed by atoms with E-state index in [0.29, 0.717) is 0 Å². The third kappa shape index (κ3) is 4.50. The van der Waals surface area contributed by atoms with Crippen LogP contribution in [0.2, 0.25) is 0 Å². The zero-order valence-corrected chi connectivity index (χ0v) is 15.0. The van der Waals surface area contributed by atoms with Gasteiger partial charge in [-0.05, 0) is 62.7 Å². The van der Waals surface area contributed by atoms with Crippen LogP contribution in [-0.2, 0) is 6.42 Å². The van der Waals surface area contributed by atoms with Crippen LogP contribution in [0.1, 0.15) is 44.6 Å². The molecule has 0 aromatic heterocycles. The first-order chi connectivity index (χ1) is 11.8. The Labute approximate surface area is 146 Å². The second-order valence-electron chi connectivity index (χ2n) is 7.23. The number of benzene rings is 1. The van der Waals surface area contributed by atoms with E-state index in [1.165, 1.54) is 44.5 Å². The molecule has 0 unspecified atom stereocenters. The third-order valence-corrected chi connectivity index (χ3v) is 5.51. The summed E-state index contributed by atoms with van der Waals surface area (Å²) in [5.74, 6) is 0.759. The number of likely N-dealkylation sites (tertiary alicyclic amines) is 2. The first kappa shape index (κ1) is 17.3. The Balaban J connectivity index is 1.46. The third-order valence-electron chi connectivity index (χ3n) is 5.51. The molecule has 0 radical (unpaired) electrons. The minimum atomic E-state index is 0.0623. The first-order valence-corrected chi connectivity index (χ1v) is 9.62. The molecule has 2 aliphatic rings. The van der Waals surface area contributed by atoms with E-state index in [2.05, 4.69) is 23.2 Å². The molecule has 0 bridgehead atoms. The quantitative estimate of drug-likeness (QED) is 0.907. The van der Waals surface area contributed by atoms with Crippen LogP contribution < -0.4 is 5.32 Å². The van der Waals surface area contributed by atoms with Crippen molar-refractivity contribution in [3.63, 3.8) is 0 Å². The van der Waals surface area contributed by atoms with E-state index < -0.39 is 0 Å². The predicted octanol–water partition coefficient (Wildman–Crippen LogP) is 3.98. The van der Waals surface area contributed by atoms with E-state index >= 15 is 0 Å². The van der Waals surface area contributed by atoms with Crippen molar-refractivity contribution in [2.45, 2.75) is 45.4 Å². The monoisotopic (exact) mass is 329 g/mol. The number of para-hydroxylation sites is 1. The molecular formula is C20H31N3O. The molecule has 2 aliphatic heterocycles. The van der Waals surface area contributed by atoms with E-state index in [-0.39, 0.29) is 6.03 Å². The van der Waals surface area contributed by atoms with Gasteiger partial charge in [-0.2, -0.15) is 0 Å². The predicted molar refractivity (Wildman–Crippen MR) is 99.4 cm³/mol. The zero-order valence-electron chi connectivity index (χ0n) is 15.0. The van der Waals surface area contributed by atoms with Gasteiger partial charge in [0.2, 0.25) is 0 Å². The molecule has 2 fully saturated rings. The maximum atomic E-state index is 12.5. The number of nitrogens with one attached hydrogen (secondary N) is 1. The van der Waals surface area contributed by atoms with Crippen LogP contribution in [0.25, 0.3) is 0 Å². The highest BCUT2D eigenvalue weighted by molar-refractivity contribution is 5.90. The molecule has 1 aromatic carbocycles. The normalized spacial score (nSPS) is 20.1. The Morgan fingerprint density at radius 2 is 1.79 bits per heavy atom. The lowest BCUT2D eigenvalue weighted by Crippen LogP contribution is -2.44. The van der Waals surface area contributed by atoms with Gasteiger partial charge in [-0.25, -0.2) is 4.79 Å². The standard InChI is InChI=1S/C20H31N3O/c1-2-18-8-4-5-9-19(18)21-20(24)23-14-10-17(11-15-23)16-22-12-6-3-7-13-22/h4-5,8-9,17H,2-3,6-7,10-16H2,1H3,(H,21,24). The maximum Gasteiger partial charge on any atom is 0.321 e. The van der Waals surface area contributed by atoms with Crippen LogP contribution in [0.3, 0.4) is 0 Å². The molecule has 4 heteroatoms. The van der Waals surface area contributed by atoms with Crippen LogP contribution in [0.5, 0.6) is 0 Å². The van der Waals surface area contributed by atoms with Gasteiger partial charge in [0.15, 0.2) is 0 Å². The number of carbonyl (C=O) groups excluding carboxylic acids is 1. The number of amides is 2. The van der Waals surface area contributed by atoms with Gasteiger partial charge >= 0.3 is 6.03 Å². The van der Waals surface area contributed by atoms with E-state index in [1.807, 2.05) is 23.1 Å². The molecule has 2 amide bonds. The van der Waals surface area contributed by atoms with Gasteiger partial charge in [0.25, 0.3) is 0 Å². The molecule has 132 valence electrons. The van der Waals surface area contributed by atoms with Crippen molar-refractivity contribution < 1.29 is 4.79 Å². The van der Waals surface area contributed by atoms with Crippen molar-refractivity contribution in [3.05, 3.63) is 29.8 Å². The number of hydrogen-bond acceptors (Lipinski definition) is 2. The number of rotatable bonds is 4. The summed E-state index contributed by atoms with van der Waals surface area (Å²) in [5, 5.41) is 3.10. The van der Waals surface area contributed by atoms with Crippen LogP contribution in [0.15, 0.2) is 24.3 Å².